The van der Waals surface area contributed by atoms with E-state index in [9.17, 15) is 4.79 Å². The number of carbonyl (C=O) groups is 1. The molecule has 104 valence electrons. The van der Waals surface area contributed by atoms with Gasteiger partial charge in [0.1, 0.15) is 6.04 Å². The van der Waals surface area contributed by atoms with E-state index in [-0.39, 0.29) is 11.9 Å². The highest BCUT2D eigenvalue weighted by atomic mass is 16.2. The zero-order valence-electron chi connectivity index (χ0n) is 12.1. The Morgan fingerprint density at radius 1 is 1.05 bits per heavy atom. The lowest BCUT2D eigenvalue weighted by molar-refractivity contribution is -0.116. The predicted octanol–water partition coefficient (Wildman–Crippen LogP) is 3.74. The first-order valence-corrected chi connectivity index (χ1v) is 6.76. The van der Waals surface area contributed by atoms with Crippen LogP contribution in [0.1, 0.15) is 18.1 Å². The molecule has 0 fully saturated rings. The fraction of sp³-hybridized carbons (Fsp3) is 0.235. The second-order valence-corrected chi connectivity index (χ2v) is 5.04. The van der Waals surface area contributed by atoms with Crippen LogP contribution in [0.25, 0.3) is 0 Å². The van der Waals surface area contributed by atoms with Crippen molar-refractivity contribution in [2.45, 2.75) is 26.8 Å². The topological polar surface area (TPSA) is 41.1 Å². The molecule has 0 aromatic heterocycles. The van der Waals surface area contributed by atoms with Crippen molar-refractivity contribution in [1.82, 2.24) is 0 Å². The highest BCUT2D eigenvalue weighted by Crippen LogP contribution is 2.17. The zero-order valence-corrected chi connectivity index (χ0v) is 12.1. The molecule has 0 radical (unpaired) electrons. The van der Waals surface area contributed by atoms with Gasteiger partial charge in [-0.15, -0.1) is 0 Å². The molecular formula is C17H20N2O. The molecular weight excluding hydrogens is 248 g/mol. The summed E-state index contributed by atoms with van der Waals surface area (Å²) >= 11 is 0. The van der Waals surface area contributed by atoms with E-state index in [0.29, 0.717) is 0 Å². The minimum Gasteiger partial charge on any atom is -0.374 e. The lowest BCUT2D eigenvalue weighted by atomic mass is 10.1. The molecule has 3 nitrogen and oxygen atoms in total. The van der Waals surface area contributed by atoms with Crippen LogP contribution < -0.4 is 10.6 Å². The maximum Gasteiger partial charge on any atom is 0.246 e. The van der Waals surface area contributed by atoms with Gasteiger partial charge < -0.3 is 10.6 Å². The Balaban J connectivity index is 2.02. The standard InChI is InChI=1S/C17H20N2O/c1-12-9-10-13(2)16(11-12)18-14(3)17(20)19-15-7-5-4-6-8-15/h4-11,14,18H,1-3H3,(H,19,20). The van der Waals surface area contributed by atoms with Crippen molar-refractivity contribution in [3.63, 3.8) is 0 Å². The molecule has 1 atom stereocenters. The first-order valence-electron chi connectivity index (χ1n) is 6.76. The third kappa shape index (κ3) is 3.60. The average molecular weight is 268 g/mol. The highest BCUT2D eigenvalue weighted by Gasteiger charge is 2.13. The van der Waals surface area contributed by atoms with E-state index in [1.54, 1.807) is 0 Å². The molecule has 3 heteroatoms. The molecule has 2 rings (SSSR count). The Hall–Kier alpha value is -2.29. The number of nitrogens with one attached hydrogen (secondary N) is 2. The maximum absolute atomic E-state index is 12.1. The lowest BCUT2D eigenvalue weighted by Gasteiger charge is -2.17. The summed E-state index contributed by atoms with van der Waals surface area (Å²) in [5, 5.41) is 6.15. The normalized spacial score (nSPS) is 11.8. The smallest absolute Gasteiger partial charge is 0.246 e. The molecule has 2 N–H and O–H groups in total. The van der Waals surface area contributed by atoms with Crippen LogP contribution >= 0.6 is 0 Å². The van der Waals surface area contributed by atoms with Gasteiger partial charge in [0, 0.05) is 11.4 Å². The van der Waals surface area contributed by atoms with Crippen molar-refractivity contribution in [3.8, 4) is 0 Å². The van der Waals surface area contributed by atoms with Crippen LogP contribution in [-0.2, 0) is 4.79 Å². The van der Waals surface area contributed by atoms with Gasteiger partial charge >= 0.3 is 0 Å². The molecule has 0 heterocycles. The van der Waals surface area contributed by atoms with Gasteiger partial charge in [0.25, 0.3) is 0 Å². The summed E-state index contributed by atoms with van der Waals surface area (Å²) in [6.07, 6.45) is 0. The Morgan fingerprint density at radius 3 is 2.45 bits per heavy atom. The van der Waals surface area contributed by atoms with Crippen LogP contribution in [0.4, 0.5) is 11.4 Å². The first-order chi connectivity index (χ1) is 9.56. The van der Waals surface area contributed by atoms with Crippen LogP contribution in [0.2, 0.25) is 0 Å². The van der Waals surface area contributed by atoms with Crippen LogP contribution in [-0.4, -0.2) is 11.9 Å². The van der Waals surface area contributed by atoms with Gasteiger partial charge in [0.2, 0.25) is 5.91 Å². The Bertz CT molecular complexity index is 593. The molecule has 1 amide bonds. The highest BCUT2D eigenvalue weighted by molar-refractivity contribution is 5.96. The maximum atomic E-state index is 12.1. The minimum atomic E-state index is -0.296. The summed E-state index contributed by atoms with van der Waals surface area (Å²) in [6, 6.07) is 15.4. The third-order valence-electron chi connectivity index (χ3n) is 3.20. The van der Waals surface area contributed by atoms with Gasteiger partial charge in [-0.05, 0) is 50.1 Å². The zero-order chi connectivity index (χ0) is 14.5. The number of rotatable bonds is 4. The summed E-state index contributed by atoms with van der Waals surface area (Å²) in [7, 11) is 0. The van der Waals surface area contributed by atoms with Crippen molar-refractivity contribution in [1.29, 1.82) is 0 Å². The number of benzene rings is 2. The summed E-state index contributed by atoms with van der Waals surface area (Å²) < 4.78 is 0. The molecule has 0 saturated carbocycles. The minimum absolute atomic E-state index is 0.0443. The second kappa shape index (κ2) is 6.24. The summed E-state index contributed by atoms with van der Waals surface area (Å²) in [5.41, 5.74) is 4.12. The van der Waals surface area contributed by atoms with Crippen molar-refractivity contribution in [3.05, 3.63) is 59.7 Å². The second-order valence-electron chi connectivity index (χ2n) is 5.04. The number of amides is 1. The van der Waals surface area contributed by atoms with E-state index in [1.165, 1.54) is 5.56 Å². The Labute approximate surface area is 120 Å². The number of carbonyl (C=O) groups excluding carboxylic acids is 1. The number of hydrogen-bond acceptors (Lipinski definition) is 2. The van der Waals surface area contributed by atoms with E-state index in [4.69, 9.17) is 0 Å². The van der Waals surface area contributed by atoms with Crippen LogP contribution in [0, 0.1) is 13.8 Å². The molecule has 0 bridgehead atoms. The van der Waals surface area contributed by atoms with E-state index >= 15 is 0 Å². The fourth-order valence-corrected chi connectivity index (χ4v) is 1.96. The van der Waals surface area contributed by atoms with Crippen molar-refractivity contribution in [2.24, 2.45) is 0 Å². The van der Waals surface area contributed by atoms with E-state index in [1.807, 2.05) is 51.1 Å². The number of anilines is 2. The van der Waals surface area contributed by atoms with Crippen molar-refractivity contribution >= 4 is 17.3 Å². The third-order valence-corrected chi connectivity index (χ3v) is 3.20. The van der Waals surface area contributed by atoms with Crippen LogP contribution in [0.15, 0.2) is 48.5 Å². The van der Waals surface area contributed by atoms with Crippen LogP contribution in [0.5, 0.6) is 0 Å². The number of aryl methyl sites for hydroxylation is 2. The molecule has 0 aliphatic heterocycles. The van der Waals surface area contributed by atoms with E-state index < -0.39 is 0 Å². The quantitative estimate of drug-likeness (QED) is 0.886. The van der Waals surface area contributed by atoms with Crippen molar-refractivity contribution < 1.29 is 4.79 Å². The first kappa shape index (κ1) is 14.1. The summed E-state index contributed by atoms with van der Waals surface area (Å²) in [4.78, 5) is 12.1. The molecule has 2 aromatic carbocycles. The molecule has 0 aliphatic rings. The predicted molar refractivity (Wildman–Crippen MR) is 84.1 cm³/mol. The Morgan fingerprint density at radius 2 is 1.75 bits per heavy atom. The molecule has 1 unspecified atom stereocenters. The van der Waals surface area contributed by atoms with Crippen molar-refractivity contribution in [2.75, 3.05) is 10.6 Å². The largest absolute Gasteiger partial charge is 0.374 e. The molecule has 20 heavy (non-hydrogen) atoms. The van der Waals surface area contributed by atoms with Gasteiger partial charge in [0.05, 0.1) is 0 Å². The number of hydrogen-bond donors (Lipinski definition) is 2. The van der Waals surface area contributed by atoms with Gasteiger partial charge in [-0.25, -0.2) is 0 Å². The molecule has 0 spiro atoms. The van der Waals surface area contributed by atoms with E-state index in [2.05, 4.69) is 28.8 Å². The Kier molecular flexibility index (Phi) is 4.41. The van der Waals surface area contributed by atoms with Gasteiger partial charge in [-0.1, -0.05) is 30.3 Å². The summed E-state index contributed by atoms with van der Waals surface area (Å²) in [6.45, 7) is 5.93. The molecule has 0 aliphatic carbocycles. The molecule has 2 aromatic rings. The monoisotopic (exact) mass is 268 g/mol. The van der Waals surface area contributed by atoms with Gasteiger partial charge in [-0.2, -0.15) is 0 Å². The average Bonchev–Trinajstić information content (AvgIpc) is 2.44. The SMILES string of the molecule is Cc1ccc(C)c(NC(C)C(=O)Nc2ccccc2)c1. The molecule has 0 saturated heterocycles. The fourth-order valence-electron chi connectivity index (χ4n) is 1.96. The lowest BCUT2D eigenvalue weighted by Crippen LogP contribution is -2.32. The summed E-state index contributed by atoms with van der Waals surface area (Å²) in [5.74, 6) is -0.0443. The van der Waals surface area contributed by atoms with Gasteiger partial charge in [-0.3, -0.25) is 4.79 Å². The van der Waals surface area contributed by atoms with Crippen LogP contribution in [0.3, 0.4) is 0 Å². The van der Waals surface area contributed by atoms with Gasteiger partial charge in [0.15, 0.2) is 0 Å². The van der Waals surface area contributed by atoms with E-state index in [0.717, 1.165) is 16.9 Å². The number of para-hydroxylation sites is 1.